The van der Waals surface area contributed by atoms with E-state index in [-0.39, 0.29) is 18.0 Å². The largest absolute Gasteiger partial charge is 0.416 e. The van der Waals surface area contributed by atoms with E-state index in [1.807, 2.05) is 18.2 Å². The summed E-state index contributed by atoms with van der Waals surface area (Å²) >= 11 is 1.74. The summed E-state index contributed by atoms with van der Waals surface area (Å²) in [5.41, 5.74) is 1.56. The summed E-state index contributed by atoms with van der Waals surface area (Å²) in [5, 5.41) is 1.08. The zero-order valence-electron chi connectivity index (χ0n) is 21.8. The lowest BCUT2D eigenvalue weighted by Gasteiger charge is -2.35. The molecule has 210 valence electrons. The molecule has 2 aromatic carbocycles. The van der Waals surface area contributed by atoms with Crippen LogP contribution in [0.25, 0.3) is 10.2 Å². The second kappa shape index (κ2) is 10.8. The molecule has 0 saturated carbocycles. The van der Waals surface area contributed by atoms with Crippen molar-refractivity contribution in [1.29, 1.82) is 0 Å². The predicted octanol–water partition coefficient (Wildman–Crippen LogP) is 5.89. The van der Waals surface area contributed by atoms with Crippen LogP contribution < -0.4 is 4.90 Å². The van der Waals surface area contributed by atoms with Crippen molar-refractivity contribution in [3.05, 3.63) is 82.0 Å². The topological polar surface area (TPSA) is 66.4 Å². The molecule has 1 fully saturated rings. The van der Waals surface area contributed by atoms with Gasteiger partial charge in [0.1, 0.15) is 16.5 Å². The second-order valence-electron chi connectivity index (χ2n) is 10.3. The highest BCUT2D eigenvalue weighted by Gasteiger charge is 2.35. The number of nitrogens with zero attached hydrogens (tertiary/aromatic N) is 4. The highest BCUT2D eigenvalue weighted by atomic mass is 32.2. The number of hydrogen-bond acceptors (Lipinski definition) is 6. The van der Waals surface area contributed by atoms with Crippen LogP contribution in [0.4, 0.5) is 19.0 Å². The second-order valence-corrected chi connectivity index (χ2v) is 13.3. The minimum absolute atomic E-state index is 0.162. The van der Waals surface area contributed by atoms with Crippen molar-refractivity contribution in [1.82, 2.24) is 14.3 Å². The summed E-state index contributed by atoms with van der Waals surface area (Å²) in [6.45, 7) is 1.12. The van der Waals surface area contributed by atoms with E-state index >= 15 is 0 Å². The number of thiophene rings is 1. The van der Waals surface area contributed by atoms with Crippen LogP contribution in [0.3, 0.4) is 0 Å². The third kappa shape index (κ3) is 5.34. The zero-order chi connectivity index (χ0) is 27.9. The van der Waals surface area contributed by atoms with Gasteiger partial charge in [0.25, 0.3) is 0 Å². The summed E-state index contributed by atoms with van der Waals surface area (Å²) in [6, 6.07) is 14.2. The van der Waals surface area contributed by atoms with Gasteiger partial charge in [0, 0.05) is 37.5 Å². The van der Waals surface area contributed by atoms with E-state index in [4.69, 9.17) is 9.97 Å². The van der Waals surface area contributed by atoms with Crippen molar-refractivity contribution in [2.45, 2.75) is 49.6 Å². The van der Waals surface area contributed by atoms with Crippen LogP contribution in [0.5, 0.6) is 0 Å². The molecule has 0 N–H and O–H groups in total. The van der Waals surface area contributed by atoms with Gasteiger partial charge in [-0.05, 0) is 61.4 Å². The Morgan fingerprint density at radius 1 is 0.875 bits per heavy atom. The van der Waals surface area contributed by atoms with Crippen molar-refractivity contribution < 1.29 is 21.6 Å². The predicted molar refractivity (Wildman–Crippen MR) is 150 cm³/mol. The van der Waals surface area contributed by atoms with Crippen molar-refractivity contribution in [2.24, 2.45) is 0 Å². The Bertz CT molecular complexity index is 1630. The molecule has 0 amide bonds. The Kier molecular flexibility index (Phi) is 7.30. The monoisotopic (exact) mass is 586 g/mol. The lowest BCUT2D eigenvalue weighted by atomic mass is 9.97. The first-order valence-electron chi connectivity index (χ1n) is 13.5. The average molecular weight is 587 g/mol. The molecule has 0 unspecified atom stereocenters. The molecule has 2 aliphatic rings. The van der Waals surface area contributed by atoms with Crippen LogP contribution in [0, 0.1) is 0 Å². The summed E-state index contributed by atoms with van der Waals surface area (Å²) in [6.07, 6.45) is 1.21. The number of fused-ring (bicyclic) bond motifs is 3. The Morgan fingerprint density at radius 2 is 1.62 bits per heavy atom. The van der Waals surface area contributed by atoms with Gasteiger partial charge in [0.05, 0.1) is 15.8 Å². The Labute approximate surface area is 235 Å². The van der Waals surface area contributed by atoms with Gasteiger partial charge in [-0.1, -0.05) is 36.4 Å². The maximum atomic E-state index is 13.3. The number of piperazine rings is 1. The molecule has 0 radical (unpaired) electrons. The molecule has 1 saturated heterocycles. The van der Waals surface area contributed by atoms with Crippen LogP contribution >= 0.6 is 11.3 Å². The quantitative estimate of drug-likeness (QED) is 0.282. The lowest BCUT2D eigenvalue weighted by molar-refractivity contribution is -0.137. The number of benzene rings is 2. The highest BCUT2D eigenvalue weighted by Crippen LogP contribution is 2.40. The van der Waals surface area contributed by atoms with Crippen LogP contribution in [0.1, 0.15) is 40.2 Å². The molecule has 11 heteroatoms. The Hall–Kier alpha value is -3.02. The number of aryl methyl sites for hydroxylation is 4. The Morgan fingerprint density at radius 3 is 2.38 bits per heavy atom. The van der Waals surface area contributed by atoms with Crippen molar-refractivity contribution in [3.8, 4) is 0 Å². The molecule has 4 aromatic rings. The molecule has 1 aliphatic carbocycles. The van der Waals surface area contributed by atoms with Crippen LogP contribution in [0.15, 0.2) is 59.5 Å². The minimum Gasteiger partial charge on any atom is -0.353 e. The van der Waals surface area contributed by atoms with Crippen molar-refractivity contribution in [2.75, 3.05) is 31.1 Å². The fourth-order valence-electron chi connectivity index (χ4n) is 5.54. The maximum absolute atomic E-state index is 13.3. The normalized spacial score (nSPS) is 16.8. The molecule has 6 nitrogen and oxygen atoms in total. The van der Waals surface area contributed by atoms with E-state index in [9.17, 15) is 21.6 Å². The number of aromatic nitrogens is 2. The number of hydrogen-bond donors (Lipinski definition) is 0. The highest BCUT2D eigenvalue weighted by molar-refractivity contribution is 7.89. The molecule has 3 heterocycles. The summed E-state index contributed by atoms with van der Waals surface area (Å²) in [7, 11) is -4.07. The van der Waals surface area contributed by atoms with E-state index in [1.54, 1.807) is 11.3 Å². The van der Waals surface area contributed by atoms with Crippen LogP contribution in [-0.2, 0) is 41.9 Å². The maximum Gasteiger partial charge on any atom is 0.416 e. The molecule has 40 heavy (non-hydrogen) atoms. The van der Waals surface area contributed by atoms with Crippen LogP contribution in [-0.4, -0.2) is 48.9 Å². The Balaban J connectivity index is 1.27. The average Bonchev–Trinajstić information content (AvgIpc) is 3.34. The molecule has 0 spiro atoms. The van der Waals surface area contributed by atoms with E-state index in [0.717, 1.165) is 66.1 Å². The van der Waals surface area contributed by atoms with Crippen LogP contribution in [0.2, 0.25) is 0 Å². The number of halogens is 3. The van der Waals surface area contributed by atoms with Gasteiger partial charge in [0.15, 0.2) is 0 Å². The van der Waals surface area contributed by atoms with E-state index in [2.05, 4.69) is 17.0 Å². The fraction of sp³-hybridized carbons (Fsp3) is 0.379. The third-order valence-corrected chi connectivity index (χ3v) is 10.7. The number of rotatable bonds is 6. The molecular weight excluding hydrogens is 557 g/mol. The first-order chi connectivity index (χ1) is 19.2. The molecular formula is C29H29F3N4O2S2. The van der Waals surface area contributed by atoms with Gasteiger partial charge in [-0.25, -0.2) is 18.4 Å². The number of anilines is 1. The lowest BCUT2D eigenvalue weighted by Crippen LogP contribution is -2.49. The molecule has 0 atom stereocenters. The van der Waals surface area contributed by atoms with Gasteiger partial charge < -0.3 is 4.90 Å². The van der Waals surface area contributed by atoms with E-state index < -0.39 is 21.8 Å². The zero-order valence-corrected chi connectivity index (χ0v) is 23.5. The molecule has 6 rings (SSSR count). The molecule has 2 aromatic heterocycles. The van der Waals surface area contributed by atoms with Gasteiger partial charge in [-0.15, -0.1) is 11.3 Å². The third-order valence-electron chi connectivity index (χ3n) is 7.66. The standard InChI is InChI=1S/C29H29F3N4O2S2/c30-29(31,32)21-9-6-10-22(19-21)40(37,38)36-17-15-35(16-18-36)27-26-23-11-4-5-12-24(23)39-28(26)34-25(33-27)14-13-20-7-2-1-3-8-20/h1-3,6-10,19H,4-5,11-18H2. The van der Waals surface area contributed by atoms with Gasteiger partial charge in [-0.2, -0.15) is 17.5 Å². The van der Waals surface area contributed by atoms with Gasteiger partial charge in [-0.3, -0.25) is 0 Å². The fourth-order valence-corrected chi connectivity index (χ4v) is 8.29. The SMILES string of the molecule is O=S(=O)(c1cccc(C(F)(F)F)c1)N1CCN(c2nc(CCc3ccccc3)nc3sc4c(c23)CCCC4)CC1. The molecule has 1 aliphatic heterocycles. The van der Waals surface area contributed by atoms with Crippen molar-refractivity contribution >= 4 is 37.4 Å². The smallest absolute Gasteiger partial charge is 0.353 e. The summed E-state index contributed by atoms with van der Waals surface area (Å²) < 4.78 is 67.4. The van der Waals surface area contributed by atoms with Gasteiger partial charge in [0.2, 0.25) is 10.0 Å². The van der Waals surface area contributed by atoms with E-state index in [0.29, 0.717) is 25.6 Å². The van der Waals surface area contributed by atoms with Crippen molar-refractivity contribution in [3.63, 3.8) is 0 Å². The first kappa shape index (κ1) is 27.2. The number of sulfonamides is 1. The van der Waals surface area contributed by atoms with Gasteiger partial charge >= 0.3 is 6.18 Å². The summed E-state index contributed by atoms with van der Waals surface area (Å²) in [4.78, 5) is 14.1. The number of alkyl halides is 3. The minimum atomic E-state index is -4.61. The summed E-state index contributed by atoms with van der Waals surface area (Å²) in [5.74, 6) is 1.62. The first-order valence-corrected chi connectivity index (χ1v) is 15.7. The van der Waals surface area contributed by atoms with E-state index in [1.165, 1.54) is 26.4 Å². The molecule has 0 bridgehead atoms.